The highest BCUT2D eigenvalue weighted by Gasteiger charge is 2.33. The van der Waals surface area contributed by atoms with Crippen LogP contribution in [0.15, 0.2) is 42.5 Å². The van der Waals surface area contributed by atoms with E-state index in [9.17, 15) is 18.8 Å². The second-order valence-electron chi connectivity index (χ2n) is 7.99. The van der Waals surface area contributed by atoms with Gasteiger partial charge in [-0.25, -0.2) is 4.39 Å². The maximum Gasteiger partial charge on any atom is 0.248 e. The van der Waals surface area contributed by atoms with Gasteiger partial charge >= 0.3 is 0 Å². The predicted octanol–water partition coefficient (Wildman–Crippen LogP) is 2.31. The third-order valence-electron chi connectivity index (χ3n) is 5.71. The number of anilines is 2. The maximum absolute atomic E-state index is 13.1. The number of amides is 3. The fraction of sp³-hybridized carbons (Fsp3) is 0.348. The summed E-state index contributed by atoms with van der Waals surface area (Å²) in [6.45, 7) is 1.75. The van der Waals surface area contributed by atoms with Gasteiger partial charge < -0.3 is 21.3 Å². The van der Waals surface area contributed by atoms with Gasteiger partial charge in [0.1, 0.15) is 11.9 Å². The van der Waals surface area contributed by atoms with E-state index in [2.05, 4.69) is 15.5 Å². The summed E-state index contributed by atoms with van der Waals surface area (Å²) in [4.78, 5) is 39.3. The molecular weight excluding hydrogens is 431 g/mol. The van der Waals surface area contributed by atoms with Gasteiger partial charge in [-0.3, -0.25) is 14.4 Å². The molecule has 168 valence electrons. The van der Waals surface area contributed by atoms with E-state index in [1.807, 2.05) is 0 Å². The van der Waals surface area contributed by atoms with Gasteiger partial charge in [0.15, 0.2) is 0 Å². The number of carbonyl (C=O) groups excluding carboxylic acids is 3. The summed E-state index contributed by atoms with van der Waals surface area (Å²) >= 11 is 1.40. The number of nitrogens with zero attached hydrogens (tertiary/aromatic N) is 1. The average molecular weight is 457 g/mol. The van der Waals surface area contributed by atoms with E-state index >= 15 is 0 Å². The summed E-state index contributed by atoms with van der Waals surface area (Å²) in [6.07, 6.45) is 2.59. The Labute approximate surface area is 189 Å². The number of hydrogen-bond acceptors (Lipinski definition) is 5. The molecule has 0 spiro atoms. The molecule has 2 heterocycles. The van der Waals surface area contributed by atoms with Gasteiger partial charge in [0, 0.05) is 24.4 Å². The van der Waals surface area contributed by atoms with Crippen molar-refractivity contribution < 1.29 is 18.8 Å². The van der Waals surface area contributed by atoms with Crippen LogP contribution in [0, 0.1) is 5.82 Å². The Morgan fingerprint density at radius 1 is 1.16 bits per heavy atom. The van der Waals surface area contributed by atoms with Crippen LogP contribution in [0.3, 0.4) is 0 Å². The van der Waals surface area contributed by atoms with Gasteiger partial charge in [-0.1, -0.05) is 12.1 Å². The molecule has 9 heteroatoms. The SMILES string of the molecule is NC(=O)c1ccc(N2CCCC2)c(NC(=O)C2CSC(Cc3ccc(F)cc3)C(=O)N2)c1. The maximum atomic E-state index is 13.1. The molecule has 2 aromatic carbocycles. The van der Waals surface area contributed by atoms with Crippen molar-refractivity contribution in [2.75, 3.05) is 29.1 Å². The van der Waals surface area contributed by atoms with Crippen molar-refractivity contribution in [3.05, 3.63) is 59.4 Å². The summed E-state index contributed by atoms with van der Waals surface area (Å²) in [5.41, 5.74) is 7.94. The van der Waals surface area contributed by atoms with Crippen molar-refractivity contribution in [2.24, 2.45) is 5.73 Å². The lowest BCUT2D eigenvalue weighted by Gasteiger charge is -2.29. The van der Waals surface area contributed by atoms with Gasteiger partial charge in [-0.05, 0) is 55.2 Å². The molecule has 4 N–H and O–H groups in total. The van der Waals surface area contributed by atoms with Crippen LogP contribution in [0.25, 0.3) is 0 Å². The number of hydrogen-bond donors (Lipinski definition) is 3. The second kappa shape index (κ2) is 9.60. The lowest BCUT2D eigenvalue weighted by atomic mass is 10.1. The summed E-state index contributed by atoms with van der Waals surface area (Å²) in [5, 5.41) is 5.33. The molecule has 2 aromatic rings. The van der Waals surface area contributed by atoms with E-state index in [0.29, 0.717) is 23.4 Å². The standard InChI is InChI=1S/C23H25FN4O3S/c24-16-6-3-14(4-7-16)11-20-23(31)27-18(13-32-20)22(30)26-17-12-15(21(25)29)5-8-19(17)28-9-1-2-10-28/h3-8,12,18,20H,1-2,9-11,13H2,(H2,25,29)(H,26,30)(H,27,31). The van der Waals surface area contributed by atoms with Crippen molar-refractivity contribution >= 4 is 40.9 Å². The minimum atomic E-state index is -0.694. The van der Waals surface area contributed by atoms with Crippen LogP contribution < -0.4 is 21.3 Å². The average Bonchev–Trinajstić information content (AvgIpc) is 3.31. The molecule has 2 aliphatic heterocycles. The second-order valence-corrected chi connectivity index (χ2v) is 9.23. The molecule has 4 rings (SSSR count). The summed E-state index contributed by atoms with van der Waals surface area (Å²) in [7, 11) is 0. The van der Waals surface area contributed by atoms with E-state index in [-0.39, 0.29) is 22.9 Å². The molecule has 2 aliphatic rings. The van der Waals surface area contributed by atoms with E-state index < -0.39 is 11.9 Å². The minimum absolute atomic E-state index is 0.226. The third kappa shape index (κ3) is 5.04. The third-order valence-corrected chi connectivity index (χ3v) is 7.02. The molecule has 2 atom stereocenters. The smallest absolute Gasteiger partial charge is 0.248 e. The number of halogens is 1. The summed E-state index contributed by atoms with van der Waals surface area (Å²) in [5.74, 6) is -1.04. The normalized spacial score (nSPS) is 20.7. The van der Waals surface area contributed by atoms with Gasteiger partial charge in [-0.15, -0.1) is 11.8 Å². The number of nitrogens with one attached hydrogen (secondary N) is 2. The van der Waals surface area contributed by atoms with Crippen molar-refractivity contribution in [1.29, 1.82) is 0 Å². The molecule has 0 bridgehead atoms. The van der Waals surface area contributed by atoms with E-state index in [4.69, 9.17) is 5.73 Å². The monoisotopic (exact) mass is 456 g/mol. The highest BCUT2D eigenvalue weighted by molar-refractivity contribution is 8.00. The Morgan fingerprint density at radius 2 is 1.88 bits per heavy atom. The first-order chi connectivity index (χ1) is 15.4. The van der Waals surface area contributed by atoms with Crippen molar-refractivity contribution in [3.8, 4) is 0 Å². The Morgan fingerprint density at radius 3 is 2.53 bits per heavy atom. The highest BCUT2D eigenvalue weighted by Crippen LogP contribution is 2.31. The van der Waals surface area contributed by atoms with Crippen LogP contribution in [0.5, 0.6) is 0 Å². The zero-order valence-electron chi connectivity index (χ0n) is 17.5. The van der Waals surface area contributed by atoms with Crippen molar-refractivity contribution in [2.45, 2.75) is 30.6 Å². The molecule has 2 saturated heterocycles. The first kappa shape index (κ1) is 22.1. The van der Waals surface area contributed by atoms with Crippen molar-refractivity contribution in [3.63, 3.8) is 0 Å². The Bertz CT molecular complexity index is 1020. The number of benzene rings is 2. The number of thioether (sulfide) groups is 1. The molecule has 7 nitrogen and oxygen atoms in total. The van der Waals surface area contributed by atoms with E-state index in [1.165, 1.54) is 23.9 Å². The Hall–Kier alpha value is -3.07. The fourth-order valence-corrected chi connectivity index (χ4v) is 5.15. The minimum Gasteiger partial charge on any atom is -0.370 e. The largest absolute Gasteiger partial charge is 0.370 e. The van der Waals surface area contributed by atoms with Crippen LogP contribution in [-0.4, -0.2) is 47.9 Å². The fourth-order valence-electron chi connectivity index (χ4n) is 3.96. The summed E-state index contributed by atoms with van der Waals surface area (Å²) in [6, 6.07) is 10.4. The first-order valence-corrected chi connectivity index (χ1v) is 11.6. The van der Waals surface area contributed by atoms with Gasteiger partial charge in [-0.2, -0.15) is 0 Å². The predicted molar refractivity (Wildman–Crippen MR) is 123 cm³/mol. The number of carbonyl (C=O) groups is 3. The van der Waals surface area contributed by atoms with Gasteiger partial charge in [0.05, 0.1) is 16.6 Å². The topological polar surface area (TPSA) is 105 Å². The van der Waals surface area contributed by atoms with E-state index in [1.54, 1.807) is 30.3 Å². The van der Waals surface area contributed by atoms with Gasteiger partial charge in [0.2, 0.25) is 17.7 Å². The van der Waals surface area contributed by atoms with Crippen LogP contribution in [0.2, 0.25) is 0 Å². The Balaban J connectivity index is 1.43. The lowest BCUT2D eigenvalue weighted by Crippen LogP contribution is -2.52. The Kier molecular flexibility index (Phi) is 6.64. The van der Waals surface area contributed by atoms with Crippen LogP contribution in [-0.2, 0) is 16.0 Å². The lowest BCUT2D eigenvalue weighted by molar-refractivity contribution is -0.126. The van der Waals surface area contributed by atoms with Gasteiger partial charge in [0.25, 0.3) is 0 Å². The number of rotatable bonds is 6. The quantitative estimate of drug-likeness (QED) is 0.619. The molecule has 0 aliphatic carbocycles. The van der Waals surface area contributed by atoms with E-state index in [0.717, 1.165) is 37.2 Å². The first-order valence-electron chi connectivity index (χ1n) is 10.6. The van der Waals surface area contributed by atoms with Crippen LogP contribution in [0.1, 0.15) is 28.8 Å². The number of primary amides is 1. The molecule has 32 heavy (non-hydrogen) atoms. The van der Waals surface area contributed by atoms with Crippen LogP contribution in [0.4, 0.5) is 15.8 Å². The zero-order chi connectivity index (χ0) is 22.7. The van der Waals surface area contributed by atoms with Crippen LogP contribution >= 0.6 is 11.8 Å². The zero-order valence-corrected chi connectivity index (χ0v) is 18.3. The molecule has 0 aromatic heterocycles. The van der Waals surface area contributed by atoms with Crippen molar-refractivity contribution in [1.82, 2.24) is 5.32 Å². The molecule has 3 amide bonds. The molecule has 2 fully saturated rings. The summed E-state index contributed by atoms with van der Waals surface area (Å²) < 4.78 is 13.1. The molecule has 0 saturated carbocycles. The highest BCUT2D eigenvalue weighted by atomic mass is 32.2. The molecule has 2 unspecified atom stereocenters. The molecular formula is C23H25FN4O3S. The number of nitrogens with two attached hydrogens (primary N) is 1. The molecule has 0 radical (unpaired) electrons.